The molecule has 1 rings (SSSR count). The van der Waals surface area contributed by atoms with Crippen LogP contribution < -0.4 is 16.9 Å². The van der Waals surface area contributed by atoms with Gasteiger partial charge in [0, 0.05) is 5.38 Å². The summed E-state index contributed by atoms with van der Waals surface area (Å²) in [6.45, 7) is 0. The lowest BCUT2D eigenvalue weighted by Gasteiger charge is -1.89. The molecule has 1 aromatic rings. The Morgan fingerprint density at radius 2 is 2.40 bits per heavy atom. The molecule has 0 spiro atoms. The second-order valence-corrected chi connectivity index (χ2v) is 2.45. The number of anilines is 1. The molecule has 7 heteroatoms. The maximum absolute atomic E-state index is 8.56. The standard InChI is InChI=1S/C3H6BN3O2S/c5-7-3-6-2(1-10-3)4(8)9/h1,8-9H,5H2,(H,6,7). The first-order valence-corrected chi connectivity index (χ1v) is 3.40. The first-order chi connectivity index (χ1) is 4.74. The number of nitrogen functional groups attached to an aromatic ring is 1. The molecule has 0 aromatic carbocycles. The molecule has 54 valence electrons. The minimum Gasteiger partial charge on any atom is -0.422 e. The smallest absolute Gasteiger partial charge is 0.422 e. The lowest BCUT2D eigenvalue weighted by atomic mass is 9.88. The maximum Gasteiger partial charge on any atom is 0.509 e. The molecule has 0 radical (unpaired) electrons. The van der Waals surface area contributed by atoms with Crippen molar-refractivity contribution in [2.75, 3.05) is 5.43 Å². The molecule has 0 unspecified atom stereocenters. The van der Waals surface area contributed by atoms with Crippen LogP contribution in [0.2, 0.25) is 0 Å². The number of rotatable bonds is 2. The summed E-state index contributed by atoms with van der Waals surface area (Å²) in [6, 6.07) is 0. The van der Waals surface area contributed by atoms with Crippen LogP contribution in [-0.2, 0) is 0 Å². The zero-order valence-corrected chi connectivity index (χ0v) is 5.80. The van der Waals surface area contributed by atoms with Gasteiger partial charge in [-0.15, -0.1) is 11.3 Å². The zero-order chi connectivity index (χ0) is 7.56. The van der Waals surface area contributed by atoms with Crippen LogP contribution in [0.25, 0.3) is 0 Å². The van der Waals surface area contributed by atoms with Crippen molar-refractivity contribution < 1.29 is 10.0 Å². The van der Waals surface area contributed by atoms with E-state index in [4.69, 9.17) is 15.9 Å². The fourth-order valence-electron chi connectivity index (χ4n) is 0.471. The van der Waals surface area contributed by atoms with Gasteiger partial charge in [-0.05, 0) is 0 Å². The van der Waals surface area contributed by atoms with Gasteiger partial charge in [-0.2, -0.15) is 0 Å². The third kappa shape index (κ3) is 1.45. The third-order valence-corrected chi connectivity index (χ3v) is 1.70. The number of nitrogens with zero attached hydrogens (tertiary/aromatic N) is 1. The van der Waals surface area contributed by atoms with Crippen molar-refractivity contribution in [1.82, 2.24) is 4.98 Å². The van der Waals surface area contributed by atoms with Crippen molar-refractivity contribution in [2.45, 2.75) is 0 Å². The summed E-state index contributed by atoms with van der Waals surface area (Å²) in [7, 11) is -1.52. The van der Waals surface area contributed by atoms with E-state index in [0.29, 0.717) is 5.13 Å². The van der Waals surface area contributed by atoms with E-state index in [0.717, 1.165) is 0 Å². The quantitative estimate of drug-likeness (QED) is 0.230. The van der Waals surface area contributed by atoms with Gasteiger partial charge in [0.2, 0.25) is 0 Å². The van der Waals surface area contributed by atoms with Gasteiger partial charge in [0.25, 0.3) is 0 Å². The second-order valence-electron chi connectivity index (χ2n) is 1.60. The summed E-state index contributed by atoms with van der Waals surface area (Å²) in [5.41, 5.74) is 2.49. The first-order valence-electron chi connectivity index (χ1n) is 2.52. The van der Waals surface area contributed by atoms with E-state index in [9.17, 15) is 0 Å². The van der Waals surface area contributed by atoms with Gasteiger partial charge >= 0.3 is 7.12 Å². The lowest BCUT2D eigenvalue weighted by Crippen LogP contribution is -2.30. The number of hydrogen-bond acceptors (Lipinski definition) is 6. The van der Waals surface area contributed by atoms with Crippen LogP contribution in [-0.4, -0.2) is 22.2 Å². The Bertz CT molecular complexity index is 215. The summed E-state index contributed by atoms with van der Waals surface area (Å²) < 4.78 is 0. The normalized spacial score (nSPS) is 9.50. The van der Waals surface area contributed by atoms with Gasteiger partial charge in [-0.25, -0.2) is 10.8 Å². The number of nitrogens with two attached hydrogens (primary N) is 1. The maximum atomic E-state index is 8.56. The highest BCUT2D eigenvalue weighted by molar-refractivity contribution is 7.14. The number of aromatic nitrogens is 1. The summed E-state index contributed by atoms with van der Waals surface area (Å²) in [4.78, 5) is 3.71. The molecule has 5 nitrogen and oxygen atoms in total. The highest BCUT2D eigenvalue weighted by Gasteiger charge is 2.14. The van der Waals surface area contributed by atoms with Crippen LogP contribution in [0.15, 0.2) is 5.38 Å². The number of thiazole rings is 1. The van der Waals surface area contributed by atoms with Crippen LogP contribution in [0, 0.1) is 0 Å². The average molecular weight is 159 g/mol. The highest BCUT2D eigenvalue weighted by Crippen LogP contribution is 2.06. The Morgan fingerprint density at radius 3 is 2.70 bits per heavy atom. The van der Waals surface area contributed by atoms with Gasteiger partial charge in [0.05, 0.1) is 5.59 Å². The Morgan fingerprint density at radius 1 is 1.70 bits per heavy atom. The van der Waals surface area contributed by atoms with Crippen molar-refractivity contribution in [2.24, 2.45) is 5.84 Å². The third-order valence-electron chi connectivity index (χ3n) is 0.910. The Labute approximate surface area is 61.6 Å². The molecule has 0 aliphatic carbocycles. The average Bonchev–Trinajstić information content (AvgIpc) is 2.34. The Balaban J connectivity index is 2.78. The molecule has 0 bridgehead atoms. The fraction of sp³-hybridized carbons (Fsp3) is 0. The number of nitrogens with one attached hydrogen (secondary N) is 1. The minimum absolute atomic E-state index is 0.206. The molecule has 0 saturated heterocycles. The molecule has 0 saturated carbocycles. The van der Waals surface area contributed by atoms with Crippen molar-refractivity contribution in [1.29, 1.82) is 0 Å². The number of hydrazine groups is 1. The van der Waals surface area contributed by atoms with Gasteiger partial charge in [0.1, 0.15) is 0 Å². The van der Waals surface area contributed by atoms with Crippen molar-refractivity contribution >= 4 is 29.2 Å². The van der Waals surface area contributed by atoms with E-state index >= 15 is 0 Å². The summed E-state index contributed by atoms with van der Waals surface area (Å²) in [6.07, 6.45) is 0. The van der Waals surface area contributed by atoms with Gasteiger partial charge in [0.15, 0.2) is 5.13 Å². The van der Waals surface area contributed by atoms with Crippen LogP contribution in [0.1, 0.15) is 0 Å². The molecule has 5 N–H and O–H groups in total. The summed E-state index contributed by atoms with van der Waals surface area (Å²) in [5.74, 6) is 5.00. The molecule has 0 amide bonds. The zero-order valence-electron chi connectivity index (χ0n) is 4.98. The van der Waals surface area contributed by atoms with Crippen LogP contribution in [0.3, 0.4) is 0 Å². The van der Waals surface area contributed by atoms with E-state index in [1.54, 1.807) is 0 Å². The highest BCUT2D eigenvalue weighted by atomic mass is 32.1. The first kappa shape index (κ1) is 7.48. The monoisotopic (exact) mass is 159 g/mol. The Kier molecular flexibility index (Phi) is 2.23. The van der Waals surface area contributed by atoms with E-state index in [2.05, 4.69) is 10.4 Å². The topological polar surface area (TPSA) is 91.4 Å². The molecule has 0 aliphatic rings. The predicted molar refractivity (Wildman–Crippen MR) is 39.7 cm³/mol. The van der Waals surface area contributed by atoms with Crippen LogP contribution in [0.4, 0.5) is 5.13 Å². The molecule has 0 atom stereocenters. The van der Waals surface area contributed by atoms with E-state index in [-0.39, 0.29) is 5.59 Å². The molecule has 1 heterocycles. The van der Waals surface area contributed by atoms with Crippen molar-refractivity contribution in [3.8, 4) is 0 Å². The number of hydrogen-bond donors (Lipinski definition) is 4. The van der Waals surface area contributed by atoms with Crippen LogP contribution in [0.5, 0.6) is 0 Å². The minimum atomic E-state index is -1.52. The van der Waals surface area contributed by atoms with E-state index in [1.165, 1.54) is 16.7 Å². The van der Waals surface area contributed by atoms with Crippen LogP contribution >= 0.6 is 11.3 Å². The molecule has 0 aliphatic heterocycles. The lowest BCUT2D eigenvalue weighted by molar-refractivity contribution is 0.424. The molecule has 0 fully saturated rings. The van der Waals surface area contributed by atoms with Gasteiger partial charge in [-0.1, -0.05) is 0 Å². The van der Waals surface area contributed by atoms with Crippen molar-refractivity contribution in [3.05, 3.63) is 5.38 Å². The van der Waals surface area contributed by atoms with Crippen molar-refractivity contribution in [3.63, 3.8) is 0 Å². The SMILES string of the molecule is NNc1nc(B(O)O)cs1. The molecular formula is C3H6BN3O2S. The molecule has 10 heavy (non-hydrogen) atoms. The van der Waals surface area contributed by atoms with E-state index in [1.807, 2.05) is 0 Å². The summed E-state index contributed by atoms with van der Waals surface area (Å²) in [5, 5.41) is 19.1. The predicted octanol–water partition coefficient (Wildman–Crippen LogP) is -1.89. The largest absolute Gasteiger partial charge is 0.509 e. The Hall–Kier alpha value is -0.625. The molecule has 1 aromatic heterocycles. The van der Waals surface area contributed by atoms with Gasteiger partial charge in [-0.3, -0.25) is 5.43 Å². The van der Waals surface area contributed by atoms with E-state index < -0.39 is 7.12 Å². The summed E-state index contributed by atoms with van der Waals surface area (Å²) >= 11 is 1.21. The second kappa shape index (κ2) is 2.97. The fourth-order valence-corrected chi connectivity index (χ4v) is 1.10. The van der Waals surface area contributed by atoms with Gasteiger partial charge < -0.3 is 10.0 Å². The molecular weight excluding hydrogens is 153 g/mol.